The molecule has 0 radical (unpaired) electrons. The van der Waals surface area contributed by atoms with Gasteiger partial charge in [0.2, 0.25) is 5.91 Å². The summed E-state index contributed by atoms with van der Waals surface area (Å²) in [6.07, 6.45) is 3.36. The van der Waals surface area contributed by atoms with Crippen LogP contribution in [0.1, 0.15) is 30.5 Å². The number of nitrogens with one attached hydrogen (secondary N) is 3. The summed E-state index contributed by atoms with van der Waals surface area (Å²) in [5.41, 5.74) is 3.62. The van der Waals surface area contributed by atoms with Crippen LogP contribution >= 0.6 is 0 Å². The van der Waals surface area contributed by atoms with Crippen molar-refractivity contribution in [2.45, 2.75) is 25.8 Å². The maximum Gasteiger partial charge on any atom is 0.221 e. The third-order valence-corrected chi connectivity index (χ3v) is 4.49. The molecule has 4 nitrogen and oxygen atoms in total. The highest BCUT2D eigenvalue weighted by Crippen LogP contribution is 2.17. The lowest BCUT2D eigenvalue weighted by molar-refractivity contribution is -0.120. The van der Waals surface area contributed by atoms with Gasteiger partial charge in [0, 0.05) is 42.7 Å². The highest BCUT2D eigenvalue weighted by atomic mass is 16.1. The number of rotatable bonds is 8. The summed E-state index contributed by atoms with van der Waals surface area (Å²) in [7, 11) is 0. The molecule has 2 aromatic carbocycles. The molecule has 4 heteroatoms. The summed E-state index contributed by atoms with van der Waals surface area (Å²) in [6, 6.07) is 18.8. The second-order valence-corrected chi connectivity index (χ2v) is 6.30. The summed E-state index contributed by atoms with van der Waals surface area (Å²) in [4.78, 5) is 15.3. The van der Waals surface area contributed by atoms with Gasteiger partial charge in [0.1, 0.15) is 0 Å². The number of aromatic amines is 1. The zero-order valence-corrected chi connectivity index (χ0v) is 14.6. The minimum absolute atomic E-state index is 0.0904. The van der Waals surface area contributed by atoms with E-state index in [0.29, 0.717) is 19.5 Å². The number of aromatic nitrogens is 1. The molecule has 0 saturated heterocycles. The molecule has 25 heavy (non-hydrogen) atoms. The van der Waals surface area contributed by atoms with Crippen LogP contribution in [0.2, 0.25) is 0 Å². The lowest BCUT2D eigenvalue weighted by atomic mass is 10.1. The molecule has 1 aromatic heterocycles. The Balaban J connectivity index is 1.37. The molecule has 3 aromatic rings. The van der Waals surface area contributed by atoms with Crippen molar-refractivity contribution in [1.82, 2.24) is 15.6 Å². The Morgan fingerprint density at radius 1 is 1.04 bits per heavy atom. The van der Waals surface area contributed by atoms with Crippen LogP contribution in [-0.4, -0.2) is 24.0 Å². The maximum absolute atomic E-state index is 12.0. The topological polar surface area (TPSA) is 56.9 Å². The second-order valence-electron chi connectivity index (χ2n) is 6.30. The Labute approximate surface area is 148 Å². The van der Waals surface area contributed by atoms with E-state index in [9.17, 15) is 4.79 Å². The van der Waals surface area contributed by atoms with Gasteiger partial charge in [-0.1, -0.05) is 48.5 Å². The molecule has 1 atom stereocenters. The molecular formula is C21H25N3O. The molecule has 0 spiro atoms. The maximum atomic E-state index is 12.0. The predicted octanol–water partition coefficient (Wildman–Crippen LogP) is 3.57. The SMILES string of the molecule is CC(NCCC(=O)NCCc1c[nH]c2ccccc12)c1ccccc1. The van der Waals surface area contributed by atoms with Gasteiger partial charge in [-0.15, -0.1) is 0 Å². The van der Waals surface area contributed by atoms with Gasteiger partial charge in [-0.2, -0.15) is 0 Å². The van der Waals surface area contributed by atoms with Crippen molar-refractivity contribution < 1.29 is 4.79 Å². The van der Waals surface area contributed by atoms with Crippen molar-refractivity contribution in [3.8, 4) is 0 Å². The molecule has 0 fully saturated rings. The largest absolute Gasteiger partial charge is 0.361 e. The average molecular weight is 335 g/mol. The number of fused-ring (bicyclic) bond motifs is 1. The van der Waals surface area contributed by atoms with Crippen LogP contribution in [0.25, 0.3) is 10.9 Å². The van der Waals surface area contributed by atoms with Gasteiger partial charge in [-0.3, -0.25) is 4.79 Å². The van der Waals surface area contributed by atoms with Crippen molar-refractivity contribution in [1.29, 1.82) is 0 Å². The molecule has 130 valence electrons. The number of benzene rings is 2. The fourth-order valence-electron chi connectivity index (χ4n) is 3.03. The predicted molar refractivity (Wildman–Crippen MR) is 102 cm³/mol. The number of para-hydroxylation sites is 1. The highest BCUT2D eigenvalue weighted by molar-refractivity contribution is 5.83. The lowest BCUT2D eigenvalue weighted by Gasteiger charge is -2.14. The van der Waals surface area contributed by atoms with Crippen LogP contribution in [0.15, 0.2) is 60.8 Å². The molecule has 0 aliphatic rings. The first-order valence-corrected chi connectivity index (χ1v) is 8.84. The van der Waals surface area contributed by atoms with E-state index in [1.807, 2.05) is 36.5 Å². The zero-order valence-electron chi connectivity index (χ0n) is 14.6. The molecular weight excluding hydrogens is 310 g/mol. The van der Waals surface area contributed by atoms with Gasteiger partial charge in [0.05, 0.1) is 0 Å². The van der Waals surface area contributed by atoms with Crippen molar-refractivity contribution >= 4 is 16.8 Å². The minimum atomic E-state index is 0.0904. The number of hydrogen-bond acceptors (Lipinski definition) is 2. The first-order chi connectivity index (χ1) is 12.2. The van der Waals surface area contributed by atoms with E-state index in [4.69, 9.17) is 0 Å². The summed E-state index contributed by atoms with van der Waals surface area (Å²) >= 11 is 0. The molecule has 1 unspecified atom stereocenters. The average Bonchev–Trinajstić information content (AvgIpc) is 3.06. The van der Waals surface area contributed by atoms with E-state index < -0.39 is 0 Å². The fourth-order valence-corrected chi connectivity index (χ4v) is 3.03. The Kier molecular flexibility index (Phi) is 5.86. The summed E-state index contributed by atoms with van der Waals surface area (Å²) in [5.74, 6) is 0.0904. The Hall–Kier alpha value is -2.59. The summed E-state index contributed by atoms with van der Waals surface area (Å²) < 4.78 is 0. The molecule has 1 heterocycles. The van der Waals surface area contributed by atoms with Crippen molar-refractivity contribution in [2.75, 3.05) is 13.1 Å². The Morgan fingerprint density at radius 3 is 2.64 bits per heavy atom. The van der Waals surface area contributed by atoms with Gasteiger partial charge >= 0.3 is 0 Å². The molecule has 0 aliphatic heterocycles. The van der Waals surface area contributed by atoms with Crippen molar-refractivity contribution in [2.24, 2.45) is 0 Å². The van der Waals surface area contributed by atoms with Crippen LogP contribution in [0.5, 0.6) is 0 Å². The lowest BCUT2D eigenvalue weighted by Crippen LogP contribution is -2.30. The minimum Gasteiger partial charge on any atom is -0.361 e. The first kappa shape index (κ1) is 17.2. The van der Waals surface area contributed by atoms with Crippen LogP contribution in [0, 0.1) is 0 Å². The van der Waals surface area contributed by atoms with Gasteiger partial charge in [-0.05, 0) is 30.5 Å². The third-order valence-electron chi connectivity index (χ3n) is 4.49. The fraction of sp³-hybridized carbons (Fsp3) is 0.286. The molecule has 0 saturated carbocycles. The quantitative estimate of drug-likeness (QED) is 0.589. The van der Waals surface area contributed by atoms with Crippen molar-refractivity contribution in [3.05, 3.63) is 71.9 Å². The highest BCUT2D eigenvalue weighted by Gasteiger charge is 2.07. The van der Waals surface area contributed by atoms with Gasteiger partial charge in [0.25, 0.3) is 0 Å². The van der Waals surface area contributed by atoms with E-state index in [0.717, 1.165) is 11.9 Å². The van der Waals surface area contributed by atoms with E-state index in [-0.39, 0.29) is 11.9 Å². The first-order valence-electron chi connectivity index (χ1n) is 8.84. The van der Waals surface area contributed by atoms with Crippen molar-refractivity contribution in [3.63, 3.8) is 0 Å². The zero-order chi connectivity index (χ0) is 17.5. The Morgan fingerprint density at radius 2 is 1.80 bits per heavy atom. The molecule has 1 amide bonds. The van der Waals surface area contributed by atoms with Crippen LogP contribution in [0.3, 0.4) is 0 Å². The number of H-pyrrole nitrogens is 1. The van der Waals surface area contributed by atoms with E-state index in [2.05, 4.69) is 46.8 Å². The monoisotopic (exact) mass is 335 g/mol. The van der Waals surface area contributed by atoms with Crippen LogP contribution < -0.4 is 10.6 Å². The smallest absolute Gasteiger partial charge is 0.221 e. The summed E-state index contributed by atoms with van der Waals surface area (Å²) in [5, 5.41) is 7.63. The normalized spacial score (nSPS) is 12.2. The Bertz CT molecular complexity index is 810. The number of hydrogen-bond donors (Lipinski definition) is 3. The van der Waals surface area contributed by atoms with Gasteiger partial charge < -0.3 is 15.6 Å². The number of carbonyl (C=O) groups excluding carboxylic acids is 1. The molecule has 3 N–H and O–H groups in total. The van der Waals surface area contributed by atoms with Gasteiger partial charge in [-0.25, -0.2) is 0 Å². The molecule has 0 bridgehead atoms. The van der Waals surface area contributed by atoms with E-state index in [1.54, 1.807) is 0 Å². The van der Waals surface area contributed by atoms with Crippen LogP contribution in [0.4, 0.5) is 0 Å². The standard InChI is InChI=1S/C21H25N3O/c1-16(17-7-3-2-4-8-17)22-14-12-21(25)23-13-11-18-15-24-20-10-6-5-9-19(18)20/h2-10,15-16,22,24H,11-14H2,1H3,(H,23,25). The summed E-state index contributed by atoms with van der Waals surface area (Å²) in [6.45, 7) is 3.45. The molecule has 3 rings (SSSR count). The second kappa shape index (κ2) is 8.49. The van der Waals surface area contributed by atoms with Crippen LogP contribution in [-0.2, 0) is 11.2 Å². The van der Waals surface area contributed by atoms with Gasteiger partial charge in [0.15, 0.2) is 0 Å². The molecule has 0 aliphatic carbocycles. The third kappa shape index (κ3) is 4.70. The van der Waals surface area contributed by atoms with E-state index in [1.165, 1.54) is 16.5 Å². The van der Waals surface area contributed by atoms with E-state index >= 15 is 0 Å². The number of carbonyl (C=O) groups is 1. The number of amides is 1.